The minimum absolute atomic E-state index is 0.0443. The average Bonchev–Trinajstić information content (AvgIpc) is 2.90. The highest BCUT2D eigenvalue weighted by Gasteiger charge is 2.42. The molecule has 1 aliphatic rings. The molecule has 0 heterocycles. The topological polar surface area (TPSA) is 126 Å². The maximum Gasteiger partial charge on any atom is 0.201 e. The molecule has 0 saturated carbocycles. The SMILES string of the molecule is COc1cc2c(c(O)c1Cl)C(=O)c1c(cc3cc(O)cc(-c4c(C)c(OC)c(OC)c(Cl)c4O)c3c1O)C2(C)C. The van der Waals surface area contributed by atoms with Crippen molar-refractivity contribution in [1.29, 1.82) is 0 Å². The summed E-state index contributed by atoms with van der Waals surface area (Å²) in [7, 11) is 4.20. The number of fused-ring (bicyclic) bond motifs is 3. The predicted molar refractivity (Wildman–Crippen MR) is 152 cm³/mol. The van der Waals surface area contributed by atoms with Crippen LogP contribution in [0.3, 0.4) is 0 Å². The lowest BCUT2D eigenvalue weighted by atomic mass is 9.67. The molecule has 0 aliphatic heterocycles. The van der Waals surface area contributed by atoms with Crippen molar-refractivity contribution in [2.24, 2.45) is 0 Å². The molecule has 0 aromatic heterocycles. The molecule has 0 bridgehead atoms. The monoisotopic (exact) mass is 584 g/mol. The Morgan fingerprint density at radius 3 is 1.90 bits per heavy atom. The van der Waals surface area contributed by atoms with E-state index in [4.69, 9.17) is 37.4 Å². The zero-order valence-corrected chi connectivity index (χ0v) is 24.0. The summed E-state index contributed by atoms with van der Waals surface area (Å²) < 4.78 is 16.1. The minimum atomic E-state index is -0.907. The molecule has 0 amide bonds. The van der Waals surface area contributed by atoms with E-state index in [0.717, 1.165) is 0 Å². The number of rotatable bonds is 4. The maximum absolute atomic E-state index is 13.9. The number of carbonyl (C=O) groups excluding carboxylic acids is 1. The van der Waals surface area contributed by atoms with Gasteiger partial charge in [-0.1, -0.05) is 37.0 Å². The van der Waals surface area contributed by atoms with Crippen molar-refractivity contribution in [2.75, 3.05) is 21.3 Å². The second-order valence-corrected chi connectivity index (χ2v) is 10.8. The van der Waals surface area contributed by atoms with Crippen molar-refractivity contribution in [1.82, 2.24) is 0 Å². The van der Waals surface area contributed by atoms with Gasteiger partial charge in [0.15, 0.2) is 11.5 Å². The van der Waals surface area contributed by atoms with Crippen molar-refractivity contribution in [3.05, 3.63) is 62.1 Å². The van der Waals surface area contributed by atoms with E-state index >= 15 is 0 Å². The van der Waals surface area contributed by atoms with Crippen LogP contribution in [0.5, 0.6) is 40.2 Å². The minimum Gasteiger partial charge on any atom is -0.508 e. The number of phenols is 4. The zero-order valence-electron chi connectivity index (χ0n) is 22.5. The van der Waals surface area contributed by atoms with Crippen LogP contribution in [0.4, 0.5) is 0 Å². The van der Waals surface area contributed by atoms with Crippen LogP contribution in [0.25, 0.3) is 21.9 Å². The van der Waals surface area contributed by atoms with Gasteiger partial charge in [-0.15, -0.1) is 0 Å². The summed E-state index contributed by atoms with van der Waals surface area (Å²) in [5.41, 5.74) is 0.696. The fraction of sp³-hybridized carbons (Fsp3) is 0.233. The zero-order chi connectivity index (χ0) is 29.4. The van der Waals surface area contributed by atoms with Crippen molar-refractivity contribution >= 4 is 39.8 Å². The Kier molecular flexibility index (Phi) is 6.39. The second kappa shape index (κ2) is 9.28. The number of halogens is 2. The van der Waals surface area contributed by atoms with Gasteiger partial charge in [-0.2, -0.15) is 0 Å². The number of ether oxygens (including phenoxy) is 3. The van der Waals surface area contributed by atoms with E-state index in [1.807, 2.05) is 13.8 Å². The van der Waals surface area contributed by atoms with E-state index in [0.29, 0.717) is 22.1 Å². The molecule has 1 aliphatic carbocycles. The van der Waals surface area contributed by atoms with Gasteiger partial charge < -0.3 is 34.6 Å². The summed E-state index contributed by atoms with van der Waals surface area (Å²) >= 11 is 12.7. The molecule has 0 spiro atoms. The maximum atomic E-state index is 13.9. The molecule has 4 N–H and O–H groups in total. The van der Waals surface area contributed by atoms with Crippen LogP contribution in [-0.2, 0) is 5.41 Å². The summed E-state index contributed by atoms with van der Waals surface area (Å²) in [4.78, 5) is 13.9. The number of methoxy groups -OCH3 is 3. The number of benzene rings is 4. The van der Waals surface area contributed by atoms with Crippen LogP contribution in [0, 0.1) is 6.92 Å². The molecule has 208 valence electrons. The van der Waals surface area contributed by atoms with E-state index in [2.05, 4.69) is 0 Å². The van der Waals surface area contributed by atoms with Crippen LogP contribution >= 0.6 is 23.2 Å². The first-order valence-electron chi connectivity index (χ1n) is 12.1. The van der Waals surface area contributed by atoms with E-state index in [1.54, 1.807) is 19.1 Å². The van der Waals surface area contributed by atoms with Gasteiger partial charge in [-0.3, -0.25) is 4.79 Å². The Morgan fingerprint density at radius 1 is 0.725 bits per heavy atom. The molecule has 0 radical (unpaired) electrons. The molecule has 0 saturated heterocycles. The van der Waals surface area contributed by atoms with Crippen LogP contribution < -0.4 is 14.2 Å². The molecule has 0 unspecified atom stereocenters. The van der Waals surface area contributed by atoms with Crippen molar-refractivity contribution in [2.45, 2.75) is 26.2 Å². The summed E-state index contributed by atoms with van der Waals surface area (Å²) in [6.45, 7) is 5.34. The number of carbonyl (C=O) groups is 1. The Labute approximate surface area is 239 Å². The molecule has 0 atom stereocenters. The summed E-state index contributed by atoms with van der Waals surface area (Å²) in [5.74, 6) is -1.46. The third-order valence-corrected chi connectivity index (χ3v) is 8.38. The first kappa shape index (κ1) is 27.6. The highest BCUT2D eigenvalue weighted by molar-refractivity contribution is 6.35. The number of ketones is 1. The van der Waals surface area contributed by atoms with Gasteiger partial charge in [0.25, 0.3) is 0 Å². The van der Waals surface area contributed by atoms with Gasteiger partial charge in [0, 0.05) is 27.5 Å². The van der Waals surface area contributed by atoms with Crippen LogP contribution in [-0.4, -0.2) is 47.5 Å². The highest BCUT2D eigenvalue weighted by atomic mass is 35.5. The summed E-state index contributed by atoms with van der Waals surface area (Å²) in [6, 6.07) is 6.09. The Bertz CT molecular complexity index is 1780. The van der Waals surface area contributed by atoms with Gasteiger partial charge in [0.2, 0.25) is 5.78 Å². The number of aromatic hydroxyl groups is 4. The number of hydrogen-bond donors (Lipinski definition) is 4. The van der Waals surface area contributed by atoms with Gasteiger partial charge in [-0.25, -0.2) is 0 Å². The van der Waals surface area contributed by atoms with Gasteiger partial charge in [0.1, 0.15) is 38.8 Å². The Hall–Kier alpha value is -4.01. The summed E-state index contributed by atoms with van der Waals surface area (Å²) in [5, 5.41) is 44.9. The van der Waals surface area contributed by atoms with E-state index in [1.165, 1.54) is 33.5 Å². The van der Waals surface area contributed by atoms with Crippen LogP contribution in [0.15, 0.2) is 24.3 Å². The molecule has 10 heteroatoms. The van der Waals surface area contributed by atoms with Crippen LogP contribution in [0.2, 0.25) is 10.0 Å². The van der Waals surface area contributed by atoms with E-state index in [-0.39, 0.29) is 66.4 Å². The average molecular weight is 585 g/mol. The van der Waals surface area contributed by atoms with Gasteiger partial charge >= 0.3 is 0 Å². The first-order chi connectivity index (χ1) is 18.8. The fourth-order valence-electron chi connectivity index (χ4n) is 5.73. The van der Waals surface area contributed by atoms with E-state index in [9.17, 15) is 25.2 Å². The smallest absolute Gasteiger partial charge is 0.201 e. The molecule has 40 heavy (non-hydrogen) atoms. The first-order valence-corrected chi connectivity index (χ1v) is 12.9. The number of hydrogen-bond acceptors (Lipinski definition) is 8. The molecule has 8 nitrogen and oxygen atoms in total. The second-order valence-electron chi connectivity index (χ2n) is 10.1. The lowest BCUT2D eigenvalue weighted by molar-refractivity contribution is 0.102. The Morgan fingerprint density at radius 2 is 1.30 bits per heavy atom. The van der Waals surface area contributed by atoms with Gasteiger partial charge in [0.05, 0.1) is 32.5 Å². The lowest BCUT2D eigenvalue weighted by Crippen LogP contribution is -2.31. The van der Waals surface area contributed by atoms with E-state index < -0.39 is 22.7 Å². The fourth-order valence-corrected chi connectivity index (χ4v) is 6.21. The lowest BCUT2D eigenvalue weighted by Gasteiger charge is -2.36. The number of phenolic OH excluding ortho intramolecular Hbond substituents is 4. The normalized spacial score (nSPS) is 13.7. The van der Waals surface area contributed by atoms with Crippen molar-refractivity contribution in [3.8, 4) is 51.4 Å². The molecule has 4 aromatic carbocycles. The molecular formula is C30H26Cl2O8. The predicted octanol–water partition coefficient (Wildman–Crippen LogP) is 6.84. The third kappa shape index (κ3) is 3.56. The standard InChI is InChI=1S/C30H26Cl2O8/c1-11-18(26(36)23(32)29(40-6)28(11)39-5)14-9-13(33)7-12-8-15-20(24(34)19(12)14)25(35)21-16(30(15,2)3)10-17(38-4)22(31)27(21)37/h7-10,33-34,36-37H,1-6H3. The molecule has 4 aromatic rings. The largest absolute Gasteiger partial charge is 0.508 e. The van der Waals surface area contributed by atoms with Crippen molar-refractivity contribution < 1.29 is 39.4 Å². The summed E-state index contributed by atoms with van der Waals surface area (Å²) in [6.07, 6.45) is 0. The third-order valence-electron chi connectivity index (χ3n) is 7.67. The quantitative estimate of drug-likeness (QED) is 0.205. The Balaban J connectivity index is 1.93. The highest BCUT2D eigenvalue weighted by Crippen LogP contribution is 2.56. The molecular weight excluding hydrogens is 559 g/mol. The van der Waals surface area contributed by atoms with Crippen molar-refractivity contribution in [3.63, 3.8) is 0 Å². The van der Waals surface area contributed by atoms with Crippen LogP contribution in [0.1, 0.15) is 46.5 Å². The molecule has 0 fully saturated rings. The molecule has 5 rings (SSSR count). The van der Waals surface area contributed by atoms with Gasteiger partial charge in [-0.05, 0) is 47.7 Å².